The molecule has 1 aromatic heterocycles. The van der Waals surface area contributed by atoms with Gasteiger partial charge >= 0.3 is 0 Å². The lowest BCUT2D eigenvalue weighted by Crippen LogP contribution is -2.51. The fourth-order valence-electron chi connectivity index (χ4n) is 5.21. The molecule has 182 valence electrons. The number of aromatic nitrogens is 2. The summed E-state index contributed by atoms with van der Waals surface area (Å²) in [6.07, 6.45) is 6.45. The third-order valence-corrected chi connectivity index (χ3v) is 7.22. The minimum atomic E-state index is -0.498. The summed E-state index contributed by atoms with van der Waals surface area (Å²) < 4.78 is 16.9. The van der Waals surface area contributed by atoms with Gasteiger partial charge in [0.25, 0.3) is 0 Å². The average Bonchev–Trinajstić information content (AvgIpc) is 2.94. The van der Waals surface area contributed by atoms with Crippen molar-refractivity contribution >= 4 is 5.91 Å². The molecule has 2 aromatic carbocycles. The van der Waals surface area contributed by atoms with E-state index in [1.54, 1.807) is 19.5 Å². The lowest BCUT2D eigenvalue weighted by Gasteiger charge is -2.42. The quantitative estimate of drug-likeness (QED) is 0.515. The van der Waals surface area contributed by atoms with Crippen LogP contribution in [0.15, 0.2) is 67.0 Å². The number of nitrogens with zero attached hydrogens (tertiary/aromatic N) is 3. The predicted octanol–water partition coefficient (Wildman–Crippen LogP) is 4.73. The molecule has 1 amide bonds. The Morgan fingerprint density at radius 2 is 1.60 bits per heavy atom. The third-order valence-electron chi connectivity index (χ3n) is 7.22. The Morgan fingerprint density at radius 3 is 2.29 bits per heavy atom. The predicted molar refractivity (Wildman–Crippen MR) is 132 cm³/mol. The Balaban J connectivity index is 1.29. The van der Waals surface area contributed by atoms with Gasteiger partial charge in [0.05, 0.1) is 12.5 Å². The normalized spacial score (nSPS) is 18.1. The molecule has 0 spiro atoms. The van der Waals surface area contributed by atoms with Crippen molar-refractivity contribution in [3.8, 4) is 17.4 Å². The Kier molecular flexibility index (Phi) is 6.95. The van der Waals surface area contributed by atoms with Crippen LogP contribution in [0, 0.1) is 0 Å². The van der Waals surface area contributed by atoms with Gasteiger partial charge in [-0.15, -0.1) is 0 Å². The molecule has 0 aliphatic carbocycles. The van der Waals surface area contributed by atoms with E-state index in [-0.39, 0.29) is 11.8 Å². The number of methoxy groups -OCH3 is 1. The molecule has 0 atom stereocenters. The molecule has 0 bridgehead atoms. The maximum absolute atomic E-state index is 13.9. The van der Waals surface area contributed by atoms with Crippen LogP contribution < -0.4 is 9.47 Å². The third kappa shape index (κ3) is 4.86. The molecule has 0 unspecified atom stereocenters. The molecule has 7 nitrogen and oxygen atoms in total. The van der Waals surface area contributed by atoms with E-state index >= 15 is 0 Å². The second-order valence-corrected chi connectivity index (χ2v) is 9.15. The molecule has 5 rings (SSSR count). The van der Waals surface area contributed by atoms with E-state index < -0.39 is 5.41 Å². The number of benzene rings is 2. The highest BCUT2D eigenvalue weighted by Gasteiger charge is 2.44. The van der Waals surface area contributed by atoms with Gasteiger partial charge < -0.3 is 19.1 Å². The molecule has 0 saturated carbocycles. The van der Waals surface area contributed by atoms with Crippen LogP contribution in [0.5, 0.6) is 17.4 Å². The number of hydrogen-bond donors (Lipinski definition) is 0. The number of hydrogen-bond acceptors (Lipinski definition) is 6. The van der Waals surface area contributed by atoms with Crippen LogP contribution >= 0.6 is 0 Å². The van der Waals surface area contributed by atoms with Crippen molar-refractivity contribution in [3.05, 3.63) is 78.2 Å². The monoisotopic (exact) mass is 473 g/mol. The van der Waals surface area contributed by atoms with E-state index in [0.717, 1.165) is 42.7 Å². The zero-order valence-corrected chi connectivity index (χ0v) is 20.1. The van der Waals surface area contributed by atoms with Crippen molar-refractivity contribution in [2.24, 2.45) is 0 Å². The van der Waals surface area contributed by atoms with Crippen LogP contribution in [0.2, 0.25) is 0 Å². The summed E-state index contributed by atoms with van der Waals surface area (Å²) in [5.41, 5.74) is 1.44. The zero-order chi connectivity index (χ0) is 24.1. The summed E-state index contributed by atoms with van der Waals surface area (Å²) >= 11 is 0. The molecule has 7 heteroatoms. The minimum Gasteiger partial charge on any atom is -0.497 e. The van der Waals surface area contributed by atoms with Crippen molar-refractivity contribution in [2.75, 3.05) is 33.4 Å². The highest BCUT2D eigenvalue weighted by molar-refractivity contribution is 5.88. The van der Waals surface area contributed by atoms with Gasteiger partial charge in [-0.05, 0) is 55.5 Å². The van der Waals surface area contributed by atoms with Gasteiger partial charge in [-0.1, -0.05) is 30.3 Å². The zero-order valence-electron chi connectivity index (χ0n) is 20.1. The van der Waals surface area contributed by atoms with Crippen LogP contribution in [-0.4, -0.2) is 54.2 Å². The molecule has 2 aliphatic heterocycles. The Hall–Kier alpha value is -3.45. The van der Waals surface area contributed by atoms with Crippen LogP contribution in [0.1, 0.15) is 42.9 Å². The highest BCUT2D eigenvalue weighted by Crippen LogP contribution is 2.39. The fraction of sp³-hybridized carbons (Fsp3) is 0.393. The summed E-state index contributed by atoms with van der Waals surface area (Å²) in [6.45, 7) is 2.61. The number of rotatable bonds is 6. The summed E-state index contributed by atoms with van der Waals surface area (Å²) in [6, 6.07) is 17.6. The fourth-order valence-corrected chi connectivity index (χ4v) is 5.21. The first-order chi connectivity index (χ1) is 17.2. The molecule has 2 saturated heterocycles. The first-order valence-electron chi connectivity index (χ1n) is 12.2. The molecule has 0 N–H and O–H groups in total. The standard InChI is InChI=1S/C28H31N3O4/c1-33-23-7-9-24(10-8-23)35-26-25(29-15-16-30-26)21-11-17-31(18-12-21)27(32)28(13-19-34-20-14-28)22-5-3-2-4-6-22/h2-10,15-16,21H,11-14,17-20H2,1H3. The number of carbonyl (C=O) groups is 1. The van der Waals surface area contributed by atoms with Crippen molar-refractivity contribution < 1.29 is 19.0 Å². The van der Waals surface area contributed by atoms with E-state index in [1.807, 2.05) is 47.4 Å². The van der Waals surface area contributed by atoms with E-state index in [1.165, 1.54) is 0 Å². The van der Waals surface area contributed by atoms with Gasteiger partial charge in [-0.2, -0.15) is 0 Å². The summed E-state index contributed by atoms with van der Waals surface area (Å²) in [7, 11) is 1.64. The van der Waals surface area contributed by atoms with Crippen molar-refractivity contribution in [1.29, 1.82) is 0 Å². The topological polar surface area (TPSA) is 73.8 Å². The molecule has 2 aliphatic rings. The lowest BCUT2D eigenvalue weighted by atomic mass is 9.72. The van der Waals surface area contributed by atoms with Crippen LogP contribution in [-0.2, 0) is 14.9 Å². The van der Waals surface area contributed by atoms with Crippen LogP contribution in [0.4, 0.5) is 0 Å². The highest BCUT2D eigenvalue weighted by atomic mass is 16.5. The molecule has 0 radical (unpaired) electrons. The van der Waals surface area contributed by atoms with E-state index in [9.17, 15) is 4.79 Å². The molecular weight excluding hydrogens is 442 g/mol. The summed E-state index contributed by atoms with van der Waals surface area (Å²) in [4.78, 5) is 25.0. The molecule has 2 fully saturated rings. The maximum Gasteiger partial charge on any atom is 0.241 e. The van der Waals surface area contributed by atoms with Crippen molar-refractivity contribution in [2.45, 2.75) is 37.0 Å². The first kappa shape index (κ1) is 23.3. The molecular formula is C28H31N3O4. The van der Waals surface area contributed by atoms with E-state index in [2.05, 4.69) is 22.1 Å². The van der Waals surface area contributed by atoms with Gasteiger partial charge in [0.1, 0.15) is 17.2 Å². The van der Waals surface area contributed by atoms with Gasteiger partial charge in [0, 0.05) is 44.6 Å². The summed E-state index contributed by atoms with van der Waals surface area (Å²) in [5.74, 6) is 2.38. The number of likely N-dealkylation sites (tertiary alicyclic amines) is 1. The average molecular weight is 474 g/mol. The lowest BCUT2D eigenvalue weighted by molar-refractivity contribution is -0.142. The second-order valence-electron chi connectivity index (χ2n) is 9.15. The number of amides is 1. The van der Waals surface area contributed by atoms with Crippen molar-refractivity contribution in [1.82, 2.24) is 14.9 Å². The minimum absolute atomic E-state index is 0.184. The van der Waals surface area contributed by atoms with Gasteiger partial charge in [0.2, 0.25) is 11.8 Å². The molecule has 35 heavy (non-hydrogen) atoms. The van der Waals surface area contributed by atoms with Gasteiger partial charge in [-0.3, -0.25) is 9.78 Å². The second kappa shape index (κ2) is 10.4. The smallest absolute Gasteiger partial charge is 0.241 e. The van der Waals surface area contributed by atoms with E-state index in [0.29, 0.717) is 37.9 Å². The SMILES string of the molecule is COc1ccc(Oc2nccnc2C2CCN(C(=O)C3(c4ccccc4)CCOCC3)CC2)cc1. The number of carbonyl (C=O) groups excluding carboxylic acids is 1. The molecule has 3 aromatic rings. The number of ether oxygens (including phenoxy) is 3. The maximum atomic E-state index is 13.9. The van der Waals surface area contributed by atoms with Gasteiger partial charge in [-0.25, -0.2) is 4.98 Å². The van der Waals surface area contributed by atoms with Crippen LogP contribution in [0.25, 0.3) is 0 Å². The Labute approximate surface area is 206 Å². The van der Waals surface area contributed by atoms with Crippen LogP contribution in [0.3, 0.4) is 0 Å². The molecule has 3 heterocycles. The van der Waals surface area contributed by atoms with Crippen molar-refractivity contribution in [3.63, 3.8) is 0 Å². The largest absolute Gasteiger partial charge is 0.497 e. The van der Waals surface area contributed by atoms with Gasteiger partial charge in [0.15, 0.2) is 0 Å². The first-order valence-corrected chi connectivity index (χ1v) is 12.2. The Bertz CT molecular complexity index is 1120. The number of piperidine rings is 1. The van der Waals surface area contributed by atoms with E-state index in [4.69, 9.17) is 14.2 Å². The summed E-state index contributed by atoms with van der Waals surface area (Å²) in [5, 5.41) is 0. The Morgan fingerprint density at radius 1 is 0.943 bits per heavy atom.